The van der Waals surface area contributed by atoms with Crippen LogP contribution in [0.4, 0.5) is 11.4 Å². The standard InChI is InChI=1S/C17H17NO/c1-13-8-9-17-14(11-13)6-4-10-18(17)16-7-3-2-5-15(16)12-19/h2-3,5,7-9,11-12H,4,6,10H2,1H3. The largest absolute Gasteiger partial charge is 0.341 e. The second-order valence-corrected chi connectivity index (χ2v) is 5.06. The van der Waals surface area contributed by atoms with Gasteiger partial charge in [0.15, 0.2) is 6.29 Å². The molecule has 2 heteroatoms. The Hall–Kier alpha value is -2.09. The van der Waals surface area contributed by atoms with Crippen LogP contribution in [0.15, 0.2) is 42.5 Å². The van der Waals surface area contributed by atoms with Gasteiger partial charge < -0.3 is 4.90 Å². The van der Waals surface area contributed by atoms with Gasteiger partial charge in [-0.2, -0.15) is 0 Å². The second-order valence-electron chi connectivity index (χ2n) is 5.06. The highest BCUT2D eigenvalue weighted by atomic mass is 16.1. The first-order valence-corrected chi connectivity index (χ1v) is 6.71. The van der Waals surface area contributed by atoms with Crippen LogP contribution in [0, 0.1) is 6.92 Å². The molecule has 2 aromatic rings. The van der Waals surface area contributed by atoms with Crippen LogP contribution in [-0.4, -0.2) is 12.8 Å². The monoisotopic (exact) mass is 251 g/mol. The number of aldehydes is 1. The summed E-state index contributed by atoms with van der Waals surface area (Å²) in [6.45, 7) is 3.10. The minimum Gasteiger partial charge on any atom is -0.341 e. The molecule has 0 radical (unpaired) electrons. The summed E-state index contributed by atoms with van der Waals surface area (Å²) in [4.78, 5) is 13.5. The van der Waals surface area contributed by atoms with Gasteiger partial charge >= 0.3 is 0 Å². The van der Waals surface area contributed by atoms with Gasteiger partial charge in [0.05, 0.1) is 5.69 Å². The fourth-order valence-corrected chi connectivity index (χ4v) is 2.81. The Morgan fingerprint density at radius 1 is 1.11 bits per heavy atom. The molecule has 0 N–H and O–H groups in total. The van der Waals surface area contributed by atoms with Crippen LogP contribution in [0.5, 0.6) is 0 Å². The molecule has 0 spiro atoms. The van der Waals surface area contributed by atoms with Crippen LogP contribution < -0.4 is 4.90 Å². The van der Waals surface area contributed by atoms with Gasteiger partial charge in [0.2, 0.25) is 0 Å². The van der Waals surface area contributed by atoms with Gasteiger partial charge in [-0.15, -0.1) is 0 Å². The maximum absolute atomic E-state index is 11.2. The van der Waals surface area contributed by atoms with E-state index in [4.69, 9.17) is 0 Å². The minimum absolute atomic E-state index is 0.760. The van der Waals surface area contributed by atoms with Crippen molar-refractivity contribution in [2.45, 2.75) is 19.8 Å². The van der Waals surface area contributed by atoms with E-state index in [0.29, 0.717) is 0 Å². The fourth-order valence-electron chi connectivity index (χ4n) is 2.81. The SMILES string of the molecule is Cc1ccc2c(c1)CCCN2c1ccccc1C=O. The van der Waals surface area contributed by atoms with E-state index in [-0.39, 0.29) is 0 Å². The summed E-state index contributed by atoms with van der Waals surface area (Å²) in [5, 5.41) is 0. The average Bonchev–Trinajstić information content (AvgIpc) is 2.46. The Bertz CT molecular complexity index is 618. The maximum Gasteiger partial charge on any atom is 0.152 e. The summed E-state index contributed by atoms with van der Waals surface area (Å²) in [5.41, 5.74) is 5.70. The molecule has 0 aliphatic carbocycles. The van der Waals surface area contributed by atoms with Gasteiger partial charge in [-0.25, -0.2) is 0 Å². The van der Waals surface area contributed by atoms with Crippen molar-refractivity contribution in [2.75, 3.05) is 11.4 Å². The lowest BCUT2D eigenvalue weighted by atomic mass is 9.98. The summed E-state index contributed by atoms with van der Waals surface area (Å²) < 4.78 is 0. The van der Waals surface area contributed by atoms with E-state index >= 15 is 0 Å². The van der Waals surface area contributed by atoms with Crippen molar-refractivity contribution in [3.63, 3.8) is 0 Å². The fraction of sp³-hybridized carbons (Fsp3) is 0.235. The molecule has 0 amide bonds. The predicted molar refractivity (Wildman–Crippen MR) is 78.3 cm³/mol. The molecule has 0 aromatic heterocycles. The Labute approximate surface area is 113 Å². The summed E-state index contributed by atoms with van der Waals surface area (Å²) in [5.74, 6) is 0. The molecule has 0 unspecified atom stereocenters. The Kier molecular flexibility index (Phi) is 3.08. The molecule has 19 heavy (non-hydrogen) atoms. The zero-order valence-corrected chi connectivity index (χ0v) is 11.1. The van der Waals surface area contributed by atoms with E-state index in [1.165, 1.54) is 16.8 Å². The van der Waals surface area contributed by atoms with Crippen LogP contribution in [0.1, 0.15) is 27.9 Å². The van der Waals surface area contributed by atoms with Crippen molar-refractivity contribution < 1.29 is 4.79 Å². The van der Waals surface area contributed by atoms with Gasteiger partial charge in [0.1, 0.15) is 0 Å². The van der Waals surface area contributed by atoms with Crippen LogP contribution in [-0.2, 0) is 6.42 Å². The molecule has 0 atom stereocenters. The van der Waals surface area contributed by atoms with Gasteiger partial charge in [0.25, 0.3) is 0 Å². The number of aryl methyl sites for hydroxylation is 2. The summed E-state index contributed by atoms with van der Waals surface area (Å²) >= 11 is 0. The summed E-state index contributed by atoms with van der Waals surface area (Å²) in [7, 11) is 0. The number of nitrogens with zero attached hydrogens (tertiary/aromatic N) is 1. The van der Waals surface area contributed by atoms with E-state index in [1.54, 1.807) is 0 Å². The first-order chi connectivity index (χ1) is 9.29. The first-order valence-electron chi connectivity index (χ1n) is 6.71. The lowest BCUT2D eigenvalue weighted by Gasteiger charge is -2.32. The number of benzene rings is 2. The second kappa shape index (κ2) is 4.88. The first kappa shape index (κ1) is 12.0. The average molecular weight is 251 g/mol. The van der Waals surface area contributed by atoms with Crippen molar-refractivity contribution in [3.05, 3.63) is 59.2 Å². The molecule has 0 fully saturated rings. The van der Waals surface area contributed by atoms with Gasteiger partial charge in [-0.05, 0) is 43.5 Å². The number of carbonyl (C=O) groups excluding carboxylic acids is 1. The van der Waals surface area contributed by atoms with Crippen LogP contribution in [0.25, 0.3) is 0 Å². The van der Waals surface area contributed by atoms with E-state index in [9.17, 15) is 4.79 Å². The van der Waals surface area contributed by atoms with Crippen molar-refractivity contribution in [1.82, 2.24) is 0 Å². The van der Waals surface area contributed by atoms with Crippen molar-refractivity contribution in [1.29, 1.82) is 0 Å². The van der Waals surface area contributed by atoms with Crippen LogP contribution in [0.3, 0.4) is 0 Å². The van der Waals surface area contributed by atoms with Crippen molar-refractivity contribution >= 4 is 17.7 Å². The number of hydrogen-bond donors (Lipinski definition) is 0. The summed E-state index contributed by atoms with van der Waals surface area (Å²) in [6, 6.07) is 14.4. The molecule has 0 bridgehead atoms. The molecule has 2 aromatic carbocycles. The highest BCUT2D eigenvalue weighted by molar-refractivity contribution is 5.87. The van der Waals surface area contributed by atoms with Crippen LogP contribution in [0.2, 0.25) is 0 Å². The lowest BCUT2D eigenvalue weighted by Crippen LogP contribution is -2.25. The molecule has 96 valence electrons. The summed E-state index contributed by atoms with van der Waals surface area (Å²) in [6.07, 6.45) is 3.19. The maximum atomic E-state index is 11.2. The highest BCUT2D eigenvalue weighted by Crippen LogP contribution is 2.35. The van der Waals surface area contributed by atoms with Gasteiger partial charge in [0, 0.05) is 17.8 Å². The molecule has 0 saturated heterocycles. The topological polar surface area (TPSA) is 20.3 Å². The number of fused-ring (bicyclic) bond motifs is 1. The molecular formula is C17H17NO. The zero-order valence-electron chi connectivity index (χ0n) is 11.1. The Balaban J connectivity index is 2.11. The number of carbonyl (C=O) groups is 1. The Morgan fingerprint density at radius 3 is 2.79 bits per heavy atom. The molecule has 1 aliphatic rings. The third-order valence-electron chi connectivity index (χ3n) is 3.71. The molecule has 1 heterocycles. The number of para-hydroxylation sites is 1. The van der Waals surface area contributed by atoms with Crippen molar-refractivity contribution in [3.8, 4) is 0 Å². The zero-order chi connectivity index (χ0) is 13.2. The molecule has 3 rings (SSSR count). The quantitative estimate of drug-likeness (QED) is 0.755. The third-order valence-corrected chi connectivity index (χ3v) is 3.71. The molecular weight excluding hydrogens is 234 g/mol. The van der Waals surface area contributed by atoms with E-state index in [2.05, 4.69) is 30.0 Å². The van der Waals surface area contributed by atoms with Gasteiger partial charge in [-0.3, -0.25) is 4.79 Å². The van der Waals surface area contributed by atoms with E-state index in [0.717, 1.165) is 36.9 Å². The minimum atomic E-state index is 0.760. The number of rotatable bonds is 2. The van der Waals surface area contributed by atoms with Gasteiger partial charge in [-0.1, -0.05) is 29.8 Å². The van der Waals surface area contributed by atoms with Crippen LogP contribution >= 0.6 is 0 Å². The normalized spacial score (nSPS) is 14.1. The predicted octanol–water partition coefficient (Wildman–Crippen LogP) is 3.89. The molecule has 0 saturated carbocycles. The number of hydrogen-bond acceptors (Lipinski definition) is 2. The van der Waals surface area contributed by atoms with E-state index in [1.807, 2.05) is 24.3 Å². The highest BCUT2D eigenvalue weighted by Gasteiger charge is 2.19. The third kappa shape index (κ3) is 2.14. The van der Waals surface area contributed by atoms with E-state index < -0.39 is 0 Å². The smallest absolute Gasteiger partial charge is 0.152 e. The molecule has 1 aliphatic heterocycles. The molecule has 2 nitrogen and oxygen atoms in total. The van der Waals surface area contributed by atoms with Crippen molar-refractivity contribution in [2.24, 2.45) is 0 Å². The lowest BCUT2D eigenvalue weighted by molar-refractivity contribution is 0.112. The number of anilines is 2. The Morgan fingerprint density at radius 2 is 1.95 bits per heavy atom.